The van der Waals surface area contributed by atoms with Crippen LogP contribution in [-0.4, -0.2) is 12.7 Å². The molecule has 1 unspecified atom stereocenters. The highest BCUT2D eigenvalue weighted by atomic mass is 32.2. The lowest BCUT2D eigenvalue weighted by Gasteiger charge is -2.30. The first-order valence-corrected chi connectivity index (χ1v) is 6.69. The van der Waals surface area contributed by atoms with Crippen molar-refractivity contribution >= 4 is 11.9 Å². The van der Waals surface area contributed by atoms with Crippen LogP contribution in [0.1, 0.15) is 47.0 Å². The standard InChI is InChI=1S/C12H25NOS/c1-5-7-12(6-2,8-9-15-13)10-14-11(3)4/h8-9,11H,5-7,10,13H2,1-4H3/b9-8+. The second kappa shape index (κ2) is 8.20. The molecular formula is C12H25NOS. The van der Waals surface area contributed by atoms with Gasteiger partial charge in [0, 0.05) is 5.41 Å². The summed E-state index contributed by atoms with van der Waals surface area (Å²) >= 11 is 1.27. The van der Waals surface area contributed by atoms with E-state index in [1.807, 2.05) is 5.41 Å². The van der Waals surface area contributed by atoms with Crippen molar-refractivity contribution < 1.29 is 4.74 Å². The van der Waals surface area contributed by atoms with Gasteiger partial charge in [0.05, 0.1) is 12.7 Å². The van der Waals surface area contributed by atoms with Crippen molar-refractivity contribution in [3.8, 4) is 0 Å². The first-order valence-electron chi connectivity index (χ1n) is 5.75. The van der Waals surface area contributed by atoms with Crippen molar-refractivity contribution in [3.63, 3.8) is 0 Å². The van der Waals surface area contributed by atoms with Gasteiger partial charge in [0.2, 0.25) is 0 Å². The van der Waals surface area contributed by atoms with Crippen molar-refractivity contribution in [2.75, 3.05) is 6.61 Å². The zero-order valence-corrected chi connectivity index (χ0v) is 11.3. The van der Waals surface area contributed by atoms with Crippen LogP contribution in [0.25, 0.3) is 0 Å². The summed E-state index contributed by atoms with van der Waals surface area (Å²) in [5.41, 5.74) is 0.172. The van der Waals surface area contributed by atoms with E-state index in [0.717, 1.165) is 19.4 Å². The van der Waals surface area contributed by atoms with E-state index in [4.69, 9.17) is 9.88 Å². The summed E-state index contributed by atoms with van der Waals surface area (Å²) in [7, 11) is 0. The van der Waals surface area contributed by atoms with E-state index >= 15 is 0 Å². The number of hydrogen-bond donors (Lipinski definition) is 1. The molecule has 0 saturated heterocycles. The Bertz CT molecular complexity index is 182. The van der Waals surface area contributed by atoms with Gasteiger partial charge in [-0.25, -0.2) is 0 Å². The van der Waals surface area contributed by atoms with Gasteiger partial charge >= 0.3 is 0 Å². The minimum absolute atomic E-state index is 0.172. The quantitative estimate of drug-likeness (QED) is 0.647. The average Bonchev–Trinajstić information content (AvgIpc) is 2.22. The predicted molar refractivity (Wildman–Crippen MR) is 69.6 cm³/mol. The summed E-state index contributed by atoms with van der Waals surface area (Å²) < 4.78 is 5.75. The van der Waals surface area contributed by atoms with Gasteiger partial charge in [-0.3, -0.25) is 5.14 Å². The Hall–Kier alpha value is 0.01000. The SMILES string of the molecule is CCCC(/C=C/SN)(CC)COC(C)C. The number of hydrogen-bond acceptors (Lipinski definition) is 3. The van der Waals surface area contributed by atoms with E-state index in [-0.39, 0.29) is 5.41 Å². The van der Waals surface area contributed by atoms with E-state index in [2.05, 4.69) is 33.8 Å². The first kappa shape index (κ1) is 15.0. The summed E-state index contributed by atoms with van der Waals surface area (Å²) in [6, 6.07) is 0. The zero-order chi connectivity index (χ0) is 11.7. The summed E-state index contributed by atoms with van der Waals surface area (Å²) in [6.07, 6.45) is 5.95. The molecular weight excluding hydrogens is 206 g/mol. The normalized spacial score (nSPS) is 16.1. The second-order valence-electron chi connectivity index (χ2n) is 4.26. The third-order valence-corrected chi connectivity index (χ3v) is 2.95. The molecule has 0 amide bonds. The van der Waals surface area contributed by atoms with Gasteiger partial charge in [0.25, 0.3) is 0 Å². The molecule has 2 nitrogen and oxygen atoms in total. The van der Waals surface area contributed by atoms with Crippen LogP contribution < -0.4 is 5.14 Å². The molecule has 0 bridgehead atoms. The fourth-order valence-electron chi connectivity index (χ4n) is 1.61. The van der Waals surface area contributed by atoms with Crippen molar-refractivity contribution in [1.29, 1.82) is 0 Å². The summed E-state index contributed by atoms with van der Waals surface area (Å²) in [6.45, 7) is 9.38. The molecule has 0 fully saturated rings. The number of ether oxygens (including phenoxy) is 1. The molecule has 0 aliphatic heterocycles. The highest BCUT2D eigenvalue weighted by Gasteiger charge is 2.24. The minimum Gasteiger partial charge on any atom is -0.378 e. The van der Waals surface area contributed by atoms with Crippen molar-refractivity contribution in [1.82, 2.24) is 0 Å². The maximum atomic E-state index is 5.75. The van der Waals surface area contributed by atoms with Gasteiger partial charge < -0.3 is 4.74 Å². The van der Waals surface area contributed by atoms with Crippen LogP contribution in [0.3, 0.4) is 0 Å². The third-order valence-electron chi connectivity index (χ3n) is 2.66. The monoisotopic (exact) mass is 231 g/mol. The fourth-order valence-corrected chi connectivity index (χ4v) is 1.98. The van der Waals surface area contributed by atoms with Crippen molar-refractivity contribution in [3.05, 3.63) is 11.5 Å². The Morgan fingerprint density at radius 2 is 2.07 bits per heavy atom. The smallest absolute Gasteiger partial charge is 0.0560 e. The van der Waals surface area contributed by atoms with Gasteiger partial charge in [-0.05, 0) is 32.1 Å². The molecule has 0 heterocycles. The van der Waals surface area contributed by atoms with Crippen LogP contribution >= 0.6 is 11.9 Å². The van der Waals surface area contributed by atoms with Crippen molar-refractivity contribution in [2.45, 2.75) is 53.1 Å². The van der Waals surface area contributed by atoms with E-state index < -0.39 is 0 Å². The lowest BCUT2D eigenvalue weighted by molar-refractivity contribution is 0.0209. The average molecular weight is 231 g/mol. The molecule has 1 atom stereocenters. The summed E-state index contributed by atoms with van der Waals surface area (Å²) in [4.78, 5) is 0. The lowest BCUT2D eigenvalue weighted by atomic mass is 9.82. The van der Waals surface area contributed by atoms with E-state index in [0.29, 0.717) is 6.10 Å². The molecule has 0 radical (unpaired) electrons. The van der Waals surface area contributed by atoms with E-state index in [1.54, 1.807) is 0 Å². The van der Waals surface area contributed by atoms with Crippen molar-refractivity contribution in [2.24, 2.45) is 10.6 Å². The molecule has 15 heavy (non-hydrogen) atoms. The van der Waals surface area contributed by atoms with Gasteiger partial charge in [-0.1, -0.05) is 38.3 Å². The Morgan fingerprint density at radius 3 is 2.47 bits per heavy atom. The highest BCUT2D eigenvalue weighted by molar-refractivity contribution is 7.99. The van der Waals surface area contributed by atoms with E-state index in [1.165, 1.54) is 18.4 Å². The molecule has 0 aromatic carbocycles. The molecule has 0 aromatic rings. The zero-order valence-electron chi connectivity index (χ0n) is 10.5. The maximum absolute atomic E-state index is 5.75. The molecule has 0 aliphatic carbocycles. The molecule has 0 saturated carbocycles. The molecule has 90 valence electrons. The molecule has 0 spiro atoms. The maximum Gasteiger partial charge on any atom is 0.0560 e. The molecule has 0 aromatic heterocycles. The van der Waals surface area contributed by atoms with E-state index in [9.17, 15) is 0 Å². The minimum atomic E-state index is 0.172. The third kappa shape index (κ3) is 6.23. The van der Waals surface area contributed by atoms with Gasteiger partial charge in [0.15, 0.2) is 0 Å². The summed E-state index contributed by atoms with van der Waals surface area (Å²) in [5.74, 6) is 0. The Labute approximate surface area is 98.8 Å². The Morgan fingerprint density at radius 1 is 1.40 bits per heavy atom. The number of rotatable bonds is 8. The van der Waals surface area contributed by atoms with Crippen LogP contribution in [0.15, 0.2) is 11.5 Å². The molecule has 0 aliphatic rings. The first-order chi connectivity index (χ1) is 7.10. The fraction of sp³-hybridized carbons (Fsp3) is 0.833. The number of nitrogens with two attached hydrogens (primary N) is 1. The predicted octanol–water partition coefficient (Wildman–Crippen LogP) is 3.73. The topological polar surface area (TPSA) is 35.2 Å². The molecule has 2 N–H and O–H groups in total. The van der Waals surface area contributed by atoms with Crippen LogP contribution in [-0.2, 0) is 4.74 Å². The Kier molecular flexibility index (Phi) is 8.20. The van der Waals surface area contributed by atoms with Crippen LogP contribution in [0.2, 0.25) is 0 Å². The van der Waals surface area contributed by atoms with Gasteiger partial charge in [0.1, 0.15) is 0 Å². The molecule has 0 rings (SSSR count). The van der Waals surface area contributed by atoms with Crippen LogP contribution in [0, 0.1) is 5.41 Å². The highest BCUT2D eigenvalue weighted by Crippen LogP contribution is 2.31. The summed E-state index contributed by atoms with van der Waals surface area (Å²) in [5, 5.41) is 7.41. The largest absolute Gasteiger partial charge is 0.378 e. The van der Waals surface area contributed by atoms with Gasteiger partial charge in [-0.15, -0.1) is 0 Å². The lowest BCUT2D eigenvalue weighted by Crippen LogP contribution is -2.25. The molecule has 3 heteroatoms. The van der Waals surface area contributed by atoms with Crippen LogP contribution in [0.4, 0.5) is 0 Å². The van der Waals surface area contributed by atoms with Crippen LogP contribution in [0.5, 0.6) is 0 Å². The second-order valence-corrected chi connectivity index (χ2v) is 4.81. The van der Waals surface area contributed by atoms with Gasteiger partial charge in [-0.2, -0.15) is 0 Å². The Balaban J connectivity index is 4.42.